The van der Waals surface area contributed by atoms with Gasteiger partial charge < -0.3 is 5.11 Å². The summed E-state index contributed by atoms with van der Waals surface area (Å²) in [4.78, 5) is 10.8. The van der Waals surface area contributed by atoms with E-state index in [1.165, 1.54) is 16.7 Å². The van der Waals surface area contributed by atoms with Crippen molar-refractivity contribution < 1.29 is 9.90 Å². The minimum absolute atomic E-state index is 0.291. The zero-order valence-corrected chi connectivity index (χ0v) is 14.6. The topological polar surface area (TPSA) is 84.9 Å². The Morgan fingerprint density at radius 2 is 1.12 bits per heavy atom. The number of carboxylic acid groups (broad SMARTS) is 1. The lowest BCUT2D eigenvalue weighted by atomic mass is 10.00. The molecule has 0 saturated carbocycles. The summed E-state index contributed by atoms with van der Waals surface area (Å²) in [5, 5.41) is 26.1. The average molecular weight is 320 g/mol. The van der Waals surface area contributed by atoms with E-state index in [1.807, 2.05) is 32.0 Å². The van der Waals surface area contributed by atoms with Crippen LogP contribution in [0, 0.1) is 57.3 Å². The molecule has 0 fully saturated rings. The van der Waals surface area contributed by atoms with Crippen molar-refractivity contribution in [3.63, 3.8) is 0 Å². The number of aromatic carboxylic acids is 1. The van der Waals surface area contributed by atoms with E-state index in [2.05, 4.69) is 13.0 Å². The first-order valence-corrected chi connectivity index (χ1v) is 7.43. The van der Waals surface area contributed by atoms with Crippen LogP contribution in [-0.2, 0) is 0 Å². The molecule has 0 bridgehead atoms. The van der Waals surface area contributed by atoms with Crippen LogP contribution in [0.2, 0.25) is 0 Å². The molecule has 4 heteroatoms. The van der Waals surface area contributed by atoms with Crippen LogP contribution in [0.4, 0.5) is 0 Å². The van der Waals surface area contributed by atoms with Gasteiger partial charge in [-0.15, -0.1) is 0 Å². The normalized spacial score (nSPS) is 9.29. The lowest BCUT2D eigenvalue weighted by molar-refractivity contribution is 0.0695. The molecule has 0 atom stereocenters. The summed E-state index contributed by atoms with van der Waals surface area (Å²) in [6.07, 6.45) is 0. The molecule has 0 amide bonds. The fourth-order valence-electron chi connectivity index (χ4n) is 2.47. The van der Waals surface area contributed by atoms with Crippen molar-refractivity contribution in [2.45, 2.75) is 34.6 Å². The molecule has 0 saturated heterocycles. The van der Waals surface area contributed by atoms with Crippen molar-refractivity contribution in [3.05, 3.63) is 68.8 Å². The minimum atomic E-state index is -0.945. The van der Waals surface area contributed by atoms with Gasteiger partial charge in [-0.2, -0.15) is 10.5 Å². The first kappa shape index (κ1) is 18.9. The Morgan fingerprint density at radius 1 is 0.792 bits per heavy atom. The summed E-state index contributed by atoms with van der Waals surface area (Å²) in [6, 6.07) is 11.1. The zero-order valence-electron chi connectivity index (χ0n) is 14.6. The van der Waals surface area contributed by atoms with E-state index < -0.39 is 5.97 Å². The number of carboxylic acids is 1. The molecule has 0 aromatic heterocycles. The van der Waals surface area contributed by atoms with E-state index in [1.54, 1.807) is 26.0 Å². The van der Waals surface area contributed by atoms with Gasteiger partial charge in [0.15, 0.2) is 0 Å². The van der Waals surface area contributed by atoms with E-state index in [9.17, 15) is 4.79 Å². The number of benzene rings is 2. The molecule has 0 radical (unpaired) electrons. The van der Waals surface area contributed by atoms with Crippen molar-refractivity contribution >= 4 is 5.97 Å². The van der Waals surface area contributed by atoms with Gasteiger partial charge in [-0.1, -0.05) is 0 Å². The fourth-order valence-corrected chi connectivity index (χ4v) is 2.47. The highest BCUT2D eigenvalue weighted by Crippen LogP contribution is 2.16. The molecular formula is C20H20N2O2. The van der Waals surface area contributed by atoms with E-state index in [0.29, 0.717) is 22.3 Å². The van der Waals surface area contributed by atoms with Gasteiger partial charge in [0.25, 0.3) is 0 Å². The number of hydrogen-bond donors (Lipinski definition) is 1. The summed E-state index contributed by atoms with van der Waals surface area (Å²) in [6.45, 7) is 9.52. The summed E-state index contributed by atoms with van der Waals surface area (Å²) >= 11 is 0. The maximum absolute atomic E-state index is 10.8. The summed E-state index contributed by atoms with van der Waals surface area (Å²) in [7, 11) is 0. The van der Waals surface area contributed by atoms with E-state index in [4.69, 9.17) is 15.6 Å². The largest absolute Gasteiger partial charge is 0.478 e. The lowest BCUT2D eigenvalue weighted by Gasteiger charge is -2.04. The molecule has 0 spiro atoms. The molecule has 1 N–H and O–H groups in total. The second-order valence-corrected chi connectivity index (χ2v) is 5.75. The van der Waals surface area contributed by atoms with Crippen LogP contribution in [0.15, 0.2) is 24.3 Å². The second-order valence-electron chi connectivity index (χ2n) is 5.75. The first-order valence-electron chi connectivity index (χ1n) is 7.43. The molecule has 122 valence electrons. The average Bonchev–Trinajstić information content (AvgIpc) is 2.51. The highest BCUT2D eigenvalue weighted by atomic mass is 16.4. The standard InChI is InChI=1S/C10H9NO2.C10H11N/c1-6-3-8(5-11)4-7(2)9(6)10(12)13;1-7-4-10(6-11)5-8(2)9(7)3/h3-4H,1-2H3,(H,12,13);4-5H,1-3H3. The van der Waals surface area contributed by atoms with Gasteiger partial charge in [0.2, 0.25) is 0 Å². The van der Waals surface area contributed by atoms with Crippen molar-refractivity contribution in [1.82, 2.24) is 0 Å². The Labute approximate surface area is 142 Å². The SMILES string of the molecule is Cc1cc(C#N)cc(C)c1C.Cc1cc(C#N)cc(C)c1C(=O)O. The second kappa shape index (κ2) is 7.94. The van der Waals surface area contributed by atoms with Gasteiger partial charge >= 0.3 is 5.97 Å². The highest BCUT2D eigenvalue weighted by molar-refractivity contribution is 5.91. The van der Waals surface area contributed by atoms with Gasteiger partial charge in [0, 0.05) is 0 Å². The van der Waals surface area contributed by atoms with Crippen molar-refractivity contribution in [2.24, 2.45) is 0 Å². The molecule has 2 aromatic carbocycles. The van der Waals surface area contributed by atoms with Crippen molar-refractivity contribution in [2.75, 3.05) is 0 Å². The molecule has 0 heterocycles. The molecule has 24 heavy (non-hydrogen) atoms. The molecule has 0 unspecified atom stereocenters. The maximum atomic E-state index is 10.8. The van der Waals surface area contributed by atoms with Gasteiger partial charge in [-0.05, 0) is 86.7 Å². The third kappa shape index (κ3) is 4.44. The van der Waals surface area contributed by atoms with Crippen molar-refractivity contribution in [3.8, 4) is 12.1 Å². The Kier molecular flexibility index (Phi) is 6.27. The van der Waals surface area contributed by atoms with Crippen LogP contribution < -0.4 is 0 Å². The zero-order chi connectivity index (χ0) is 18.4. The molecule has 4 nitrogen and oxygen atoms in total. The lowest BCUT2D eigenvalue weighted by Crippen LogP contribution is -2.03. The molecule has 2 aromatic rings. The maximum Gasteiger partial charge on any atom is 0.336 e. The third-order valence-corrected chi connectivity index (χ3v) is 3.93. The van der Waals surface area contributed by atoms with E-state index in [-0.39, 0.29) is 0 Å². The van der Waals surface area contributed by atoms with Crippen molar-refractivity contribution in [1.29, 1.82) is 10.5 Å². The summed E-state index contributed by atoms with van der Waals surface area (Å²) in [5.41, 5.74) is 6.48. The van der Waals surface area contributed by atoms with Crippen LogP contribution in [0.5, 0.6) is 0 Å². The Bertz CT molecular complexity index is 822. The smallest absolute Gasteiger partial charge is 0.336 e. The highest BCUT2D eigenvalue weighted by Gasteiger charge is 2.11. The molecule has 2 rings (SSSR count). The fraction of sp³-hybridized carbons (Fsp3) is 0.250. The van der Waals surface area contributed by atoms with Gasteiger partial charge in [-0.3, -0.25) is 0 Å². The van der Waals surface area contributed by atoms with Crippen LogP contribution in [0.1, 0.15) is 49.3 Å². The van der Waals surface area contributed by atoms with Crippen LogP contribution in [-0.4, -0.2) is 11.1 Å². The third-order valence-electron chi connectivity index (χ3n) is 3.93. The molecule has 0 aliphatic heterocycles. The Balaban J connectivity index is 0.000000243. The number of nitrogens with zero attached hydrogens (tertiary/aromatic N) is 2. The molecule has 0 aliphatic carbocycles. The number of carbonyl (C=O) groups is 1. The number of hydrogen-bond acceptors (Lipinski definition) is 3. The first-order chi connectivity index (χ1) is 11.2. The van der Waals surface area contributed by atoms with Gasteiger partial charge in [-0.25, -0.2) is 4.79 Å². The van der Waals surface area contributed by atoms with Crippen LogP contribution in [0.3, 0.4) is 0 Å². The Hall–Kier alpha value is -3.11. The Morgan fingerprint density at radius 3 is 1.42 bits per heavy atom. The quantitative estimate of drug-likeness (QED) is 0.846. The van der Waals surface area contributed by atoms with Crippen LogP contribution >= 0.6 is 0 Å². The van der Waals surface area contributed by atoms with Crippen LogP contribution in [0.25, 0.3) is 0 Å². The number of nitriles is 2. The predicted octanol–water partition coefficient (Wildman–Crippen LogP) is 4.36. The monoisotopic (exact) mass is 320 g/mol. The predicted molar refractivity (Wildman–Crippen MR) is 93.0 cm³/mol. The molecular weight excluding hydrogens is 300 g/mol. The van der Waals surface area contributed by atoms with Gasteiger partial charge in [0.1, 0.15) is 0 Å². The summed E-state index contributed by atoms with van der Waals surface area (Å²) < 4.78 is 0. The minimum Gasteiger partial charge on any atom is -0.478 e. The van der Waals surface area contributed by atoms with Gasteiger partial charge in [0.05, 0.1) is 28.8 Å². The van der Waals surface area contributed by atoms with E-state index >= 15 is 0 Å². The number of rotatable bonds is 1. The summed E-state index contributed by atoms with van der Waals surface area (Å²) in [5.74, 6) is -0.945. The van der Waals surface area contributed by atoms with E-state index in [0.717, 1.165) is 5.56 Å². The number of aryl methyl sites for hydroxylation is 4. The molecule has 0 aliphatic rings.